The Bertz CT molecular complexity index is 1100. The van der Waals surface area contributed by atoms with Crippen molar-refractivity contribution in [2.24, 2.45) is 4.99 Å². The fraction of sp³-hybridized carbons (Fsp3) is 0.393. The maximum Gasteiger partial charge on any atom is 0.223 e. The van der Waals surface area contributed by atoms with Gasteiger partial charge < -0.3 is 15.1 Å². The summed E-state index contributed by atoms with van der Waals surface area (Å²) in [6, 6.07) is 17.2. The molecule has 0 radical (unpaired) electrons. The average molecular weight is 457 g/mol. The normalized spacial score (nSPS) is 14.8. The molecule has 6 nitrogen and oxygen atoms in total. The number of hydrogen-bond donors (Lipinski definition) is 1. The van der Waals surface area contributed by atoms with Gasteiger partial charge in [0, 0.05) is 38.3 Å². The van der Waals surface area contributed by atoms with E-state index in [-0.39, 0.29) is 5.92 Å². The summed E-state index contributed by atoms with van der Waals surface area (Å²) in [5, 5.41) is 3.43. The van der Waals surface area contributed by atoms with Crippen LogP contribution in [0.3, 0.4) is 0 Å². The molecule has 1 N–H and O–H groups in total. The van der Waals surface area contributed by atoms with Gasteiger partial charge in [-0.2, -0.15) is 0 Å². The van der Waals surface area contributed by atoms with Crippen LogP contribution in [0, 0.1) is 0 Å². The molecular weight excluding hydrogens is 420 g/mol. The highest BCUT2D eigenvalue weighted by molar-refractivity contribution is 5.72. The minimum atomic E-state index is 0.287. The predicted molar refractivity (Wildman–Crippen MR) is 142 cm³/mol. The number of aromatic nitrogens is 2. The van der Waals surface area contributed by atoms with Crippen molar-refractivity contribution in [3.8, 4) is 11.3 Å². The Hall–Kier alpha value is -3.25. The molecule has 0 saturated carbocycles. The number of fused-ring (bicyclic) bond motifs is 3. The third-order valence-corrected chi connectivity index (χ3v) is 6.18. The lowest BCUT2D eigenvalue weighted by Gasteiger charge is -2.27. The molecule has 34 heavy (non-hydrogen) atoms. The predicted octanol–water partition coefficient (Wildman–Crippen LogP) is 5.20. The van der Waals surface area contributed by atoms with E-state index in [2.05, 4.69) is 82.8 Å². The third kappa shape index (κ3) is 6.00. The molecule has 0 spiro atoms. The molecule has 1 aliphatic carbocycles. The van der Waals surface area contributed by atoms with Gasteiger partial charge in [0.1, 0.15) is 0 Å². The van der Waals surface area contributed by atoms with E-state index in [0.29, 0.717) is 0 Å². The van der Waals surface area contributed by atoms with Crippen LogP contribution in [0.4, 0.5) is 11.6 Å². The van der Waals surface area contributed by atoms with Gasteiger partial charge in [-0.25, -0.2) is 15.0 Å². The minimum absolute atomic E-state index is 0.287. The van der Waals surface area contributed by atoms with Gasteiger partial charge in [-0.3, -0.25) is 0 Å². The van der Waals surface area contributed by atoms with Crippen molar-refractivity contribution in [2.75, 3.05) is 46.6 Å². The van der Waals surface area contributed by atoms with Crippen molar-refractivity contribution in [3.63, 3.8) is 0 Å². The van der Waals surface area contributed by atoms with Crippen LogP contribution in [0.2, 0.25) is 0 Å². The molecule has 1 atom stereocenters. The maximum absolute atomic E-state index is 4.93. The Morgan fingerprint density at radius 2 is 1.79 bits per heavy atom. The van der Waals surface area contributed by atoms with Gasteiger partial charge in [-0.05, 0) is 68.7 Å². The van der Waals surface area contributed by atoms with Gasteiger partial charge in [-0.1, -0.05) is 42.8 Å². The molecule has 4 rings (SSSR count). The van der Waals surface area contributed by atoms with Gasteiger partial charge in [0.15, 0.2) is 0 Å². The summed E-state index contributed by atoms with van der Waals surface area (Å²) in [7, 11) is 8.20. The molecule has 0 fully saturated rings. The molecule has 178 valence electrons. The molecule has 1 unspecified atom stereocenters. The van der Waals surface area contributed by atoms with Crippen LogP contribution in [-0.2, 0) is 6.42 Å². The van der Waals surface area contributed by atoms with Gasteiger partial charge in [0.2, 0.25) is 5.95 Å². The smallest absolute Gasteiger partial charge is 0.223 e. The summed E-state index contributed by atoms with van der Waals surface area (Å²) in [5.74, 6) is 1.01. The van der Waals surface area contributed by atoms with Crippen LogP contribution >= 0.6 is 0 Å². The van der Waals surface area contributed by atoms with Crippen LogP contribution in [0.5, 0.6) is 0 Å². The second-order valence-corrected chi connectivity index (χ2v) is 9.50. The maximum atomic E-state index is 4.93. The molecule has 1 aliphatic rings. The van der Waals surface area contributed by atoms with Gasteiger partial charge >= 0.3 is 0 Å². The minimum Gasteiger partial charge on any atom is -0.369 e. The number of aliphatic imine (C=N–C) groups is 1. The Balaban J connectivity index is 1.49. The number of nitrogens with one attached hydrogen (secondary N) is 1. The SMILES string of the molecule is CN(C)C=Nc1ccc(C2Cc3cnc(NCCCCCN(C)C)nc3-c3ccccc32)cc1. The van der Waals surface area contributed by atoms with E-state index in [1.807, 2.05) is 31.5 Å². The monoisotopic (exact) mass is 456 g/mol. The van der Waals surface area contributed by atoms with Crippen LogP contribution in [0.1, 0.15) is 41.9 Å². The molecular formula is C28H36N6. The van der Waals surface area contributed by atoms with Crippen molar-refractivity contribution in [3.05, 3.63) is 71.4 Å². The number of anilines is 1. The van der Waals surface area contributed by atoms with E-state index in [4.69, 9.17) is 4.98 Å². The standard InChI is InChI=1S/C28H36N6/c1-33(2)17-9-5-8-16-29-28-30-19-22-18-26(24-10-6-7-11-25(24)27(22)32-28)21-12-14-23(15-13-21)31-20-34(3)4/h6-7,10-15,19-20,26H,5,8-9,16-18H2,1-4H3,(H,29,30,32). The summed E-state index contributed by atoms with van der Waals surface area (Å²) >= 11 is 0. The topological polar surface area (TPSA) is 56.7 Å². The molecule has 1 aromatic heterocycles. The van der Waals surface area contributed by atoms with Crippen LogP contribution in [-0.4, -0.2) is 67.4 Å². The molecule has 0 amide bonds. The third-order valence-electron chi connectivity index (χ3n) is 6.18. The van der Waals surface area contributed by atoms with Gasteiger partial charge in [0.25, 0.3) is 0 Å². The van der Waals surface area contributed by atoms with E-state index < -0.39 is 0 Å². The summed E-state index contributed by atoms with van der Waals surface area (Å²) < 4.78 is 0. The molecule has 3 aromatic rings. The first-order valence-electron chi connectivity index (χ1n) is 12.2. The molecule has 0 saturated heterocycles. The Morgan fingerprint density at radius 1 is 1.00 bits per heavy atom. The lowest BCUT2D eigenvalue weighted by Crippen LogP contribution is -2.16. The fourth-order valence-electron chi connectivity index (χ4n) is 4.42. The van der Waals surface area contributed by atoms with Crippen LogP contribution in [0.15, 0.2) is 59.7 Å². The fourth-order valence-corrected chi connectivity index (χ4v) is 4.42. The van der Waals surface area contributed by atoms with Crippen molar-refractivity contribution < 1.29 is 0 Å². The zero-order valence-electron chi connectivity index (χ0n) is 20.8. The van der Waals surface area contributed by atoms with E-state index >= 15 is 0 Å². The second-order valence-electron chi connectivity index (χ2n) is 9.50. The van der Waals surface area contributed by atoms with Crippen molar-refractivity contribution in [2.45, 2.75) is 31.6 Å². The van der Waals surface area contributed by atoms with Crippen molar-refractivity contribution in [1.82, 2.24) is 19.8 Å². The molecule has 0 bridgehead atoms. The zero-order valence-corrected chi connectivity index (χ0v) is 20.8. The lowest BCUT2D eigenvalue weighted by molar-refractivity contribution is 0.392. The summed E-state index contributed by atoms with van der Waals surface area (Å²) in [6.45, 7) is 2.04. The van der Waals surface area contributed by atoms with Gasteiger partial charge in [-0.15, -0.1) is 0 Å². The van der Waals surface area contributed by atoms with Crippen molar-refractivity contribution >= 4 is 18.0 Å². The Morgan fingerprint density at radius 3 is 2.56 bits per heavy atom. The van der Waals surface area contributed by atoms with E-state index in [0.717, 1.165) is 43.3 Å². The first-order valence-corrected chi connectivity index (χ1v) is 12.2. The zero-order chi connectivity index (χ0) is 23.9. The second kappa shape index (κ2) is 11.3. The molecule has 6 heteroatoms. The first kappa shape index (κ1) is 23.9. The average Bonchev–Trinajstić information content (AvgIpc) is 2.84. The molecule has 1 heterocycles. The number of unbranched alkanes of at least 4 members (excludes halogenated alkanes) is 2. The first-order chi connectivity index (χ1) is 16.5. The summed E-state index contributed by atoms with van der Waals surface area (Å²) in [6.07, 6.45) is 8.29. The van der Waals surface area contributed by atoms with Gasteiger partial charge in [0.05, 0.1) is 17.7 Å². The highest BCUT2D eigenvalue weighted by atomic mass is 15.1. The lowest BCUT2D eigenvalue weighted by atomic mass is 9.78. The quantitative estimate of drug-likeness (QED) is 0.258. The van der Waals surface area contributed by atoms with Crippen molar-refractivity contribution in [1.29, 1.82) is 0 Å². The Labute approximate surface area is 203 Å². The highest BCUT2D eigenvalue weighted by Crippen LogP contribution is 2.42. The highest BCUT2D eigenvalue weighted by Gasteiger charge is 2.27. The number of nitrogens with zero attached hydrogens (tertiary/aromatic N) is 5. The van der Waals surface area contributed by atoms with E-state index in [9.17, 15) is 0 Å². The van der Waals surface area contributed by atoms with Crippen LogP contribution < -0.4 is 5.32 Å². The van der Waals surface area contributed by atoms with Crippen LogP contribution in [0.25, 0.3) is 11.3 Å². The molecule has 2 aromatic carbocycles. The van der Waals surface area contributed by atoms with E-state index in [1.54, 1.807) is 0 Å². The molecule has 0 aliphatic heterocycles. The number of rotatable bonds is 10. The Kier molecular flexibility index (Phi) is 7.91. The summed E-state index contributed by atoms with van der Waals surface area (Å²) in [5.41, 5.74) is 7.05. The number of hydrogen-bond acceptors (Lipinski definition) is 5. The summed E-state index contributed by atoms with van der Waals surface area (Å²) in [4.78, 5) is 18.2. The largest absolute Gasteiger partial charge is 0.369 e. The van der Waals surface area contributed by atoms with E-state index in [1.165, 1.54) is 35.1 Å². The number of benzene rings is 2.